The third-order valence-corrected chi connectivity index (χ3v) is 22.5. The van der Waals surface area contributed by atoms with Crippen molar-refractivity contribution >= 4 is 39.5 Å². The van der Waals surface area contributed by atoms with E-state index in [1.165, 1.54) is 276 Å². The number of esters is 4. The lowest BCUT2D eigenvalue weighted by Crippen LogP contribution is -2.30. The zero-order valence-electron chi connectivity index (χ0n) is 69.0. The number of rotatable bonds is 85. The topological polar surface area (TPSA) is 237 Å². The highest BCUT2D eigenvalue weighted by Gasteiger charge is 2.30. The smallest absolute Gasteiger partial charge is 0.462 e. The van der Waals surface area contributed by atoms with Crippen molar-refractivity contribution in [3.8, 4) is 0 Å². The highest BCUT2D eigenvalue weighted by molar-refractivity contribution is 7.47. The van der Waals surface area contributed by atoms with Crippen LogP contribution in [0.2, 0.25) is 0 Å². The van der Waals surface area contributed by atoms with E-state index in [2.05, 4.69) is 41.5 Å². The fourth-order valence-corrected chi connectivity index (χ4v) is 15.0. The molecule has 0 fully saturated rings. The Balaban J connectivity index is 5.21. The van der Waals surface area contributed by atoms with Crippen LogP contribution in [0.15, 0.2) is 0 Å². The van der Waals surface area contributed by atoms with Gasteiger partial charge in [0, 0.05) is 25.7 Å². The molecule has 0 rings (SSSR count). The number of aliphatic hydroxyl groups is 1. The number of aliphatic hydroxyl groups excluding tert-OH is 1. The van der Waals surface area contributed by atoms with Gasteiger partial charge in [0.1, 0.15) is 19.3 Å². The van der Waals surface area contributed by atoms with Crippen LogP contribution in [0.4, 0.5) is 0 Å². The van der Waals surface area contributed by atoms with Crippen LogP contribution in [0.1, 0.15) is 459 Å². The molecule has 0 aliphatic carbocycles. The van der Waals surface area contributed by atoms with E-state index in [1.54, 1.807) is 0 Å². The molecule has 0 heterocycles. The molecule has 0 amide bonds. The predicted octanol–water partition coefficient (Wildman–Crippen LogP) is 26.2. The van der Waals surface area contributed by atoms with Gasteiger partial charge in [-0.2, -0.15) is 0 Å². The van der Waals surface area contributed by atoms with Crippen LogP contribution in [-0.4, -0.2) is 96.7 Å². The Morgan fingerprint density at radius 1 is 0.276 bits per heavy atom. The first-order chi connectivity index (χ1) is 50.9. The lowest BCUT2D eigenvalue weighted by molar-refractivity contribution is -0.161. The van der Waals surface area contributed by atoms with Gasteiger partial charge in [-0.3, -0.25) is 37.3 Å². The zero-order chi connectivity index (χ0) is 77.1. The van der Waals surface area contributed by atoms with Crippen molar-refractivity contribution in [2.24, 2.45) is 11.8 Å². The maximum atomic E-state index is 13.1. The lowest BCUT2D eigenvalue weighted by atomic mass is 9.99. The normalized spacial score (nSPS) is 14.1. The van der Waals surface area contributed by atoms with Crippen molar-refractivity contribution in [3.05, 3.63) is 0 Å². The first-order valence-corrected chi connectivity index (χ1v) is 47.5. The quantitative estimate of drug-likeness (QED) is 0.0222. The van der Waals surface area contributed by atoms with E-state index in [0.29, 0.717) is 25.7 Å². The van der Waals surface area contributed by atoms with Crippen molar-refractivity contribution in [1.29, 1.82) is 0 Å². The number of hydrogen-bond acceptors (Lipinski definition) is 15. The Bertz CT molecular complexity index is 2010. The Morgan fingerprint density at radius 2 is 0.486 bits per heavy atom. The maximum absolute atomic E-state index is 13.1. The second-order valence-electron chi connectivity index (χ2n) is 31.6. The number of phosphoric ester groups is 2. The highest BCUT2D eigenvalue weighted by atomic mass is 31.2. The summed E-state index contributed by atoms with van der Waals surface area (Å²) in [6, 6.07) is 0. The summed E-state index contributed by atoms with van der Waals surface area (Å²) in [6.45, 7) is 9.76. The molecule has 0 aromatic carbocycles. The third kappa shape index (κ3) is 78.5. The summed E-state index contributed by atoms with van der Waals surface area (Å²) < 4.78 is 68.9. The number of unbranched alkanes of at least 4 members (excludes halogenated alkanes) is 54. The molecular weight excluding hydrogens is 1370 g/mol. The third-order valence-electron chi connectivity index (χ3n) is 20.6. The van der Waals surface area contributed by atoms with Crippen LogP contribution in [-0.2, 0) is 65.4 Å². The molecule has 105 heavy (non-hydrogen) atoms. The van der Waals surface area contributed by atoms with Crippen LogP contribution in [0.3, 0.4) is 0 Å². The number of phosphoric acid groups is 2. The summed E-state index contributed by atoms with van der Waals surface area (Å²) in [5.74, 6) is -0.418. The van der Waals surface area contributed by atoms with Crippen molar-refractivity contribution in [3.63, 3.8) is 0 Å². The first-order valence-electron chi connectivity index (χ1n) is 44.5. The molecule has 0 aliphatic rings. The molecule has 624 valence electrons. The van der Waals surface area contributed by atoms with E-state index in [0.717, 1.165) is 102 Å². The molecule has 19 heteroatoms. The highest BCUT2D eigenvalue weighted by Crippen LogP contribution is 2.45. The van der Waals surface area contributed by atoms with Crippen LogP contribution < -0.4 is 0 Å². The number of hydrogen-bond donors (Lipinski definition) is 3. The molecule has 0 aliphatic heterocycles. The molecule has 17 nitrogen and oxygen atoms in total. The SMILES string of the molecule is CCCCCCCCCCCCCCCCC(=O)O[C@H](COC(=O)CCCCCCCCCCCC)COP(=O)(O)OC[C@H](O)COP(=O)(O)OC[C@@H](COC(=O)CCCCCCCCCCCCCCCCCCC(C)C)OC(=O)CCCCCCCCCCCCCCCCCCCCC(C)CC. The van der Waals surface area contributed by atoms with Gasteiger partial charge in [0.15, 0.2) is 12.2 Å². The molecular formula is C86H168O17P2. The van der Waals surface area contributed by atoms with Gasteiger partial charge in [0.25, 0.3) is 0 Å². The molecule has 0 aromatic heterocycles. The summed E-state index contributed by atoms with van der Waals surface area (Å²) >= 11 is 0. The summed E-state index contributed by atoms with van der Waals surface area (Å²) in [5, 5.41) is 10.7. The van der Waals surface area contributed by atoms with Gasteiger partial charge in [-0.05, 0) is 37.5 Å². The van der Waals surface area contributed by atoms with Gasteiger partial charge < -0.3 is 33.8 Å². The Labute approximate surface area is 645 Å². The Morgan fingerprint density at radius 3 is 0.724 bits per heavy atom. The maximum Gasteiger partial charge on any atom is 0.472 e. The van der Waals surface area contributed by atoms with Gasteiger partial charge >= 0.3 is 39.5 Å². The Kier molecular flexibility index (Phi) is 76.0. The van der Waals surface area contributed by atoms with Gasteiger partial charge in [0.2, 0.25) is 0 Å². The summed E-state index contributed by atoms with van der Waals surface area (Å²) in [7, 11) is -9.92. The number of ether oxygens (including phenoxy) is 4. The number of carbonyl (C=O) groups excluding carboxylic acids is 4. The van der Waals surface area contributed by atoms with E-state index in [9.17, 15) is 43.2 Å². The molecule has 6 atom stereocenters. The minimum Gasteiger partial charge on any atom is -0.462 e. The molecule has 3 unspecified atom stereocenters. The summed E-state index contributed by atoms with van der Waals surface area (Å²) in [4.78, 5) is 73.2. The summed E-state index contributed by atoms with van der Waals surface area (Å²) in [5.41, 5.74) is 0. The molecule has 0 bridgehead atoms. The van der Waals surface area contributed by atoms with Crippen LogP contribution in [0.5, 0.6) is 0 Å². The number of carbonyl (C=O) groups is 4. The van der Waals surface area contributed by atoms with Gasteiger partial charge in [-0.1, -0.05) is 408 Å². The molecule has 0 saturated carbocycles. The average molecular weight is 1540 g/mol. The van der Waals surface area contributed by atoms with Crippen LogP contribution in [0.25, 0.3) is 0 Å². The van der Waals surface area contributed by atoms with Crippen molar-refractivity contribution in [1.82, 2.24) is 0 Å². The van der Waals surface area contributed by atoms with Gasteiger partial charge in [-0.25, -0.2) is 9.13 Å². The van der Waals surface area contributed by atoms with Gasteiger partial charge in [-0.15, -0.1) is 0 Å². The van der Waals surface area contributed by atoms with E-state index in [1.807, 2.05) is 0 Å². The molecule has 0 saturated heterocycles. The fraction of sp³-hybridized carbons (Fsp3) is 0.953. The van der Waals surface area contributed by atoms with Crippen molar-refractivity contribution < 1.29 is 80.2 Å². The summed E-state index contributed by atoms with van der Waals surface area (Å²) in [6.07, 6.45) is 69.3. The molecule has 0 aromatic rings. The standard InChI is InChI=1S/C86H168O17P2/c1-7-10-12-14-16-18-20-21-34-40-46-52-58-64-70-85(90)102-81(74-96-83(88)68-62-56-50-44-19-17-15-13-11-8-2)76-100-104(92,93)98-72-80(87)73-99-105(94,95)101-77-82(75-97-84(89)69-63-57-51-45-39-35-30-27-26-28-32-37-42-48-54-60-66-78(4)5)103-86(91)71-65-59-53-47-41-36-31-25-23-22-24-29-33-38-43-49-55-61-67-79(6)9-3/h78-82,87H,7-77H2,1-6H3,(H,92,93)(H,94,95)/t79?,80-,81+,82+/m0/s1. The monoisotopic (exact) mass is 1540 g/mol. The minimum absolute atomic E-state index is 0.108. The Hall–Kier alpha value is -1.94. The van der Waals surface area contributed by atoms with Crippen molar-refractivity contribution in [2.75, 3.05) is 39.6 Å². The lowest BCUT2D eigenvalue weighted by Gasteiger charge is -2.21. The average Bonchev–Trinajstić information content (AvgIpc) is 0.907. The molecule has 0 spiro atoms. The predicted molar refractivity (Wildman–Crippen MR) is 432 cm³/mol. The molecule has 0 radical (unpaired) electrons. The first kappa shape index (κ1) is 103. The zero-order valence-corrected chi connectivity index (χ0v) is 70.8. The second-order valence-corrected chi connectivity index (χ2v) is 34.6. The van der Waals surface area contributed by atoms with Crippen molar-refractivity contribution in [2.45, 2.75) is 477 Å². The van der Waals surface area contributed by atoms with E-state index < -0.39 is 97.5 Å². The van der Waals surface area contributed by atoms with E-state index in [-0.39, 0.29) is 25.7 Å². The minimum atomic E-state index is -4.97. The molecule has 3 N–H and O–H groups in total. The van der Waals surface area contributed by atoms with E-state index in [4.69, 9.17) is 37.0 Å². The van der Waals surface area contributed by atoms with E-state index >= 15 is 0 Å². The van der Waals surface area contributed by atoms with Crippen LogP contribution in [0, 0.1) is 11.8 Å². The van der Waals surface area contributed by atoms with Crippen LogP contribution >= 0.6 is 15.6 Å². The largest absolute Gasteiger partial charge is 0.472 e. The second kappa shape index (κ2) is 77.4. The van der Waals surface area contributed by atoms with Gasteiger partial charge in [0.05, 0.1) is 26.4 Å². The fourth-order valence-electron chi connectivity index (χ4n) is 13.4.